The molecule has 0 aromatic heterocycles. The first-order valence-corrected chi connectivity index (χ1v) is 17.9. The molecule has 0 radical (unpaired) electrons. The summed E-state index contributed by atoms with van der Waals surface area (Å²) in [6.07, 6.45) is 3.22. The molecule has 2 aromatic carbocycles. The first-order valence-electron chi connectivity index (χ1n) is 17.9. The third kappa shape index (κ3) is 9.91. The van der Waals surface area contributed by atoms with Gasteiger partial charge in [-0.1, -0.05) is 24.3 Å². The van der Waals surface area contributed by atoms with Gasteiger partial charge in [0.25, 0.3) is 5.91 Å². The molecule has 3 N–H and O–H groups in total. The fourth-order valence-electron chi connectivity index (χ4n) is 7.05. The number of primary amides is 1. The molecule has 3 aliphatic rings. The minimum absolute atomic E-state index is 0.00717. The van der Waals surface area contributed by atoms with E-state index in [1.54, 1.807) is 39.0 Å². The molecule has 51 heavy (non-hydrogen) atoms. The summed E-state index contributed by atoms with van der Waals surface area (Å²) < 4.78 is 26.9. The highest BCUT2D eigenvalue weighted by Gasteiger charge is 2.34. The molecule has 2 atom stereocenters. The number of carbonyl (C=O) groups excluding carboxylic acids is 4. The van der Waals surface area contributed by atoms with Crippen molar-refractivity contribution in [1.29, 1.82) is 5.41 Å². The molecule has 0 bridgehead atoms. The maximum absolute atomic E-state index is 14.9. The number of piperazine rings is 1. The van der Waals surface area contributed by atoms with Gasteiger partial charge in [-0.25, -0.2) is 9.18 Å². The molecule has 3 aliphatic heterocycles. The van der Waals surface area contributed by atoms with Gasteiger partial charge in [-0.3, -0.25) is 19.3 Å². The lowest BCUT2D eigenvalue weighted by molar-refractivity contribution is -0.135. The molecule has 0 spiro atoms. The van der Waals surface area contributed by atoms with E-state index in [0.717, 1.165) is 38.8 Å². The predicted octanol–water partition coefficient (Wildman–Crippen LogP) is 4.09. The van der Waals surface area contributed by atoms with Crippen molar-refractivity contribution in [3.05, 3.63) is 70.5 Å². The molecule has 3 saturated heterocycles. The zero-order valence-electron chi connectivity index (χ0n) is 30.2. The average molecular weight is 707 g/mol. The van der Waals surface area contributed by atoms with Crippen LogP contribution in [-0.4, -0.2) is 125 Å². The van der Waals surface area contributed by atoms with Crippen LogP contribution in [0.1, 0.15) is 85.2 Å². The number of ether oxygens (including phenoxy) is 2. The van der Waals surface area contributed by atoms with Gasteiger partial charge in [-0.2, -0.15) is 0 Å². The molecule has 0 saturated carbocycles. The highest BCUT2D eigenvalue weighted by Crippen LogP contribution is 2.26. The first-order chi connectivity index (χ1) is 24.2. The molecule has 12 nitrogen and oxygen atoms in total. The van der Waals surface area contributed by atoms with Crippen LogP contribution in [-0.2, 0) is 20.7 Å². The monoisotopic (exact) mass is 706 g/mol. The molecule has 5 rings (SSSR count). The standard InChI is InChI=1S/C38H51FN6O6/c1-25-21-28(13-16-45(25)37(49)51-38(2,3)4)50-27-11-14-42(15-12-27)24-34(46)43-17-19-44(20-18-43)36(48)31-22-26(9-10-32(31)39)23-33(40)29-7-5-6-8-30(29)35(41)47/h5-10,22,25,27-28,40H,11-21,23-24H2,1-4H3,(H2,41,47)/t25-,28-/m1/s1. The second kappa shape index (κ2) is 16.3. The lowest BCUT2D eigenvalue weighted by Gasteiger charge is -2.40. The second-order valence-corrected chi connectivity index (χ2v) is 14.8. The molecular formula is C38H51FN6O6. The minimum atomic E-state index is -0.653. The number of hydrogen-bond donors (Lipinski definition) is 2. The van der Waals surface area contributed by atoms with Crippen LogP contribution in [0.25, 0.3) is 0 Å². The average Bonchev–Trinajstić information content (AvgIpc) is 3.09. The van der Waals surface area contributed by atoms with Crippen molar-refractivity contribution in [1.82, 2.24) is 19.6 Å². The Bertz CT molecular complexity index is 1610. The number of likely N-dealkylation sites (tertiary alicyclic amines) is 2. The number of carbonyl (C=O) groups is 4. The Morgan fingerprint density at radius 2 is 1.49 bits per heavy atom. The Balaban J connectivity index is 1.04. The number of hydrogen-bond acceptors (Lipinski definition) is 8. The molecule has 4 amide bonds. The Hall–Kier alpha value is -4.36. The molecular weight excluding hydrogens is 655 g/mol. The van der Waals surface area contributed by atoms with E-state index in [2.05, 4.69) is 4.90 Å². The summed E-state index contributed by atoms with van der Waals surface area (Å²) in [4.78, 5) is 58.2. The quantitative estimate of drug-likeness (QED) is 0.373. The highest BCUT2D eigenvalue weighted by molar-refractivity contribution is 6.09. The highest BCUT2D eigenvalue weighted by atomic mass is 19.1. The third-order valence-electron chi connectivity index (χ3n) is 9.81. The van der Waals surface area contributed by atoms with Crippen molar-refractivity contribution in [2.24, 2.45) is 5.73 Å². The van der Waals surface area contributed by atoms with E-state index in [9.17, 15) is 23.6 Å². The fraction of sp³-hybridized carbons (Fsp3) is 0.553. The first kappa shape index (κ1) is 37.9. The smallest absolute Gasteiger partial charge is 0.410 e. The fourth-order valence-corrected chi connectivity index (χ4v) is 7.05. The number of nitrogens with two attached hydrogens (primary N) is 1. The molecule has 13 heteroatoms. The molecule has 0 aliphatic carbocycles. The number of rotatable bonds is 9. The Labute approximate surface area is 299 Å². The van der Waals surface area contributed by atoms with Crippen molar-refractivity contribution in [3.63, 3.8) is 0 Å². The summed E-state index contributed by atoms with van der Waals surface area (Å²) in [6.45, 7) is 11.4. The summed E-state index contributed by atoms with van der Waals surface area (Å²) in [5.74, 6) is -1.75. The van der Waals surface area contributed by atoms with E-state index in [-0.39, 0.29) is 66.6 Å². The normalized spacial score (nSPS) is 20.6. The molecule has 2 aromatic rings. The van der Waals surface area contributed by atoms with Crippen LogP contribution in [0.3, 0.4) is 0 Å². The van der Waals surface area contributed by atoms with Gasteiger partial charge in [0.05, 0.1) is 24.3 Å². The van der Waals surface area contributed by atoms with Gasteiger partial charge in [0, 0.05) is 75.1 Å². The van der Waals surface area contributed by atoms with Crippen LogP contribution in [0.15, 0.2) is 42.5 Å². The minimum Gasteiger partial charge on any atom is -0.444 e. The predicted molar refractivity (Wildman–Crippen MR) is 190 cm³/mol. The lowest BCUT2D eigenvalue weighted by Crippen LogP contribution is -2.53. The maximum atomic E-state index is 14.9. The molecule has 3 fully saturated rings. The number of piperidine rings is 2. The summed E-state index contributed by atoms with van der Waals surface area (Å²) in [5, 5.41) is 8.53. The zero-order valence-corrected chi connectivity index (χ0v) is 30.2. The van der Waals surface area contributed by atoms with Gasteiger partial charge in [0.15, 0.2) is 0 Å². The van der Waals surface area contributed by atoms with Crippen molar-refractivity contribution in [3.8, 4) is 0 Å². The molecule has 0 unspecified atom stereocenters. The van der Waals surface area contributed by atoms with Gasteiger partial charge >= 0.3 is 6.09 Å². The van der Waals surface area contributed by atoms with Gasteiger partial charge < -0.3 is 35.3 Å². The third-order valence-corrected chi connectivity index (χ3v) is 9.81. The Kier molecular flexibility index (Phi) is 12.1. The largest absolute Gasteiger partial charge is 0.444 e. The second-order valence-electron chi connectivity index (χ2n) is 14.8. The van der Waals surface area contributed by atoms with Gasteiger partial charge in [0.2, 0.25) is 11.8 Å². The molecule has 276 valence electrons. The SMILES string of the molecule is C[C@@H]1C[C@H](OC2CCN(CC(=O)N3CCN(C(=O)c4cc(CC(=N)c5ccccc5C(N)=O)ccc4F)CC3)CC2)CCN1C(=O)OC(C)(C)C. The van der Waals surface area contributed by atoms with Crippen molar-refractivity contribution in [2.45, 2.75) is 83.6 Å². The van der Waals surface area contributed by atoms with Crippen molar-refractivity contribution < 1.29 is 33.0 Å². The van der Waals surface area contributed by atoms with E-state index in [1.165, 1.54) is 18.2 Å². The summed E-state index contributed by atoms with van der Waals surface area (Å²) >= 11 is 0. The van der Waals surface area contributed by atoms with Gasteiger partial charge in [-0.15, -0.1) is 0 Å². The van der Waals surface area contributed by atoms with Crippen molar-refractivity contribution in [2.75, 3.05) is 52.4 Å². The van der Waals surface area contributed by atoms with Crippen LogP contribution in [0, 0.1) is 11.2 Å². The number of nitrogens with one attached hydrogen (secondary N) is 1. The Morgan fingerprint density at radius 1 is 0.863 bits per heavy atom. The molecule has 3 heterocycles. The van der Waals surface area contributed by atoms with Crippen molar-refractivity contribution >= 4 is 29.5 Å². The maximum Gasteiger partial charge on any atom is 0.410 e. The zero-order chi connectivity index (χ0) is 36.9. The van der Waals surface area contributed by atoms with Gasteiger partial charge in [0.1, 0.15) is 11.4 Å². The number of halogens is 1. The Morgan fingerprint density at radius 3 is 2.12 bits per heavy atom. The van der Waals surface area contributed by atoms with E-state index < -0.39 is 23.2 Å². The summed E-state index contributed by atoms with van der Waals surface area (Å²) in [7, 11) is 0. The van der Waals surface area contributed by atoms with E-state index >= 15 is 0 Å². The van der Waals surface area contributed by atoms with Crippen LogP contribution in [0.5, 0.6) is 0 Å². The van der Waals surface area contributed by atoms with Gasteiger partial charge in [-0.05, 0) is 77.1 Å². The van der Waals surface area contributed by atoms with E-state index in [0.29, 0.717) is 37.3 Å². The van der Waals surface area contributed by atoms with Crippen LogP contribution < -0.4 is 5.73 Å². The topological polar surface area (TPSA) is 150 Å². The number of nitrogens with zero attached hydrogens (tertiary/aromatic N) is 4. The number of amides is 4. The number of benzene rings is 2. The van der Waals surface area contributed by atoms with Crippen LogP contribution >= 0.6 is 0 Å². The van der Waals surface area contributed by atoms with Crippen LogP contribution in [0.2, 0.25) is 0 Å². The van der Waals surface area contributed by atoms with E-state index in [4.69, 9.17) is 20.6 Å². The van der Waals surface area contributed by atoms with E-state index in [1.807, 2.05) is 27.7 Å². The summed E-state index contributed by atoms with van der Waals surface area (Å²) in [6, 6.07) is 10.8. The lowest BCUT2D eigenvalue weighted by atomic mass is 9.96. The van der Waals surface area contributed by atoms with Crippen LogP contribution in [0.4, 0.5) is 9.18 Å². The summed E-state index contributed by atoms with van der Waals surface area (Å²) in [5.41, 5.74) is 6.17.